The third kappa shape index (κ3) is 5.58. The number of rotatable bonds is 7. The van der Waals surface area contributed by atoms with Gasteiger partial charge in [-0.2, -0.15) is 0 Å². The Balaban J connectivity index is 1.66. The van der Waals surface area contributed by atoms with Gasteiger partial charge in [0.05, 0.1) is 6.54 Å². The predicted octanol–water partition coefficient (Wildman–Crippen LogP) is 5.04. The van der Waals surface area contributed by atoms with E-state index in [1.807, 2.05) is 92.7 Å². The summed E-state index contributed by atoms with van der Waals surface area (Å²) in [4.78, 5) is 12.8. The molecule has 0 radical (unpaired) electrons. The number of benzene rings is 3. The van der Waals surface area contributed by atoms with Crippen molar-refractivity contribution in [3.63, 3.8) is 0 Å². The van der Waals surface area contributed by atoms with E-state index in [1.165, 1.54) is 0 Å². The first-order valence-electron chi connectivity index (χ1n) is 9.43. The first-order chi connectivity index (χ1) is 13.6. The van der Waals surface area contributed by atoms with E-state index in [0.29, 0.717) is 18.7 Å². The highest BCUT2D eigenvalue weighted by Gasteiger charge is 2.11. The molecule has 3 rings (SSSR count). The average molecular weight is 371 g/mol. The Kier molecular flexibility index (Phi) is 6.64. The van der Waals surface area contributed by atoms with Gasteiger partial charge in [-0.3, -0.25) is 4.79 Å². The highest BCUT2D eigenvalue weighted by Crippen LogP contribution is 2.19. The Hall–Kier alpha value is -3.33. The van der Waals surface area contributed by atoms with Gasteiger partial charge < -0.3 is 10.1 Å². The van der Waals surface area contributed by atoms with Crippen LogP contribution in [0.25, 0.3) is 11.6 Å². The predicted molar refractivity (Wildman–Crippen MR) is 115 cm³/mol. The molecule has 3 aromatic carbocycles. The largest absolute Gasteiger partial charge is 0.492 e. The Morgan fingerprint density at radius 1 is 0.893 bits per heavy atom. The van der Waals surface area contributed by atoms with Crippen LogP contribution in [0.5, 0.6) is 5.75 Å². The fraction of sp³-hybridized carbons (Fsp3) is 0.160. The molecule has 0 saturated carbocycles. The minimum atomic E-state index is -0.112. The Bertz CT molecular complexity index is 927. The van der Waals surface area contributed by atoms with Gasteiger partial charge >= 0.3 is 0 Å². The number of hydrogen-bond acceptors (Lipinski definition) is 2. The lowest BCUT2D eigenvalue weighted by Gasteiger charge is -2.11. The van der Waals surface area contributed by atoms with Crippen LogP contribution in [0, 0.1) is 13.8 Å². The number of amides is 1. The molecule has 0 aliphatic carbocycles. The van der Waals surface area contributed by atoms with Crippen LogP contribution in [-0.2, 0) is 4.79 Å². The quantitative estimate of drug-likeness (QED) is 0.359. The smallest absolute Gasteiger partial charge is 0.252 e. The summed E-state index contributed by atoms with van der Waals surface area (Å²) in [5.41, 5.74) is 4.84. The van der Waals surface area contributed by atoms with Gasteiger partial charge in [0.1, 0.15) is 12.4 Å². The second kappa shape index (κ2) is 9.56. The molecule has 0 atom stereocenters. The van der Waals surface area contributed by atoms with Crippen LogP contribution in [0.4, 0.5) is 0 Å². The standard InChI is InChI=1S/C25H25NO2/c1-19-15-20(2)17-23(16-19)28-14-13-26-25(27)24(22-11-7-4-8-12-22)18-21-9-5-3-6-10-21/h3-12,15-18H,13-14H2,1-2H3,(H,26,27)/b24-18+. The normalized spacial score (nSPS) is 11.1. The summed E-state index contributed by atoms with van der Waals surface area (Å²) in [5, 5.41) is 2.97. The molecule has 0 aromatic heterocycles. The van der Waals surface area contributed by atoms with Crippen LogP contribution < -0.4 is 10.1 Å². The highest BCUT2D eigenvalue weighted by atomic mass is 16.5. The Morgan fingerprint density at radius 2 is 1.50 bits per heavy atom. The van der Waals surface area contributed by atoms with Crippen LogP contribution >= 0.6 is 0 Å². The number of carbonyl (C=O) groups excluding carboxylic acids is 1. The minimum Gasteiger partial charge on any atom is -0.492 e. The maximum atomic E-state index is 12.8. The Labute approximate surface area is 166 Å². The maximum Gasteiger partial charge on any atom is 0.252 e. The molecule has 142 valence electrons. The molecule has 0 heterocycles. The van der Waals surface area contributed by atoms with Crippen molar-refractivity contribution in [2.75, 3.05) is 13.2 Å². The SMILES string of the molecule is Cc1cc(C)cc(OCCNC(=O)/C(=C/c2ccccc2)c2ccccc2)c1. The van der Waals surface area contributed by atoms with Gasteiger partial charge in [-0.1, -0.05) is 66.7 Å². The second-order valence-electron chi connectivity index (χ2n) is 6.76. The molecule has 0 saturated heterocycles. The topological polar surface area (TPSA) is 38.3 Å². The van der Waals surface area contributed by atoms with Crippen molar-refractivity contribution in [3.8, 4) is 5.75 Å². The van der Waals surface area contributed by atoms with Crippen LogP contribution in [0.15, 0.2) is 78.9 Å². The van der Waals surface area contributed by atoms with Crippen molar-refractivity contribution in [1.82, 2.24) is 5.32 Å². The van der Waals surface area contributed by atoms with Crippen LogP contribution in [-0.4, -0.2) is 19.1 Å². The van der Waals surface area contributed by atoms with Gasteiger partial charge in [0.25, 0.3) is 5.91 Å². The summed E-state index contributed by atoms with van der Waals surface area (Å²) in [6.07, 6.45) is 1.91. The van der Waals surface area contributed by atoms with E-state index in [9.17, 15) is 4.79 Å². The summed E-state index contributed by atoms with van der Waals surface area (Å²) in [5.74, 6) is 0.717. The molecule has 0 aliphatic rings. The third-order valence-electron chi connectivity index (χ3n) is 4.29. The molecule has 0 unspecified atom stereocenters. The molecule has 0 bridgehead atoms. The summed E-state index contributed by atoms with van der Waals surface area (Å²) >= 11 is 0. The lowest BCUT2D eigenvalue weighted by atomic mass is 10.0. The fourth-order valence-electron chi connectivity index (χ4n) is 3.06. The molecule has 1 N–H and O–H groups in total. The Morgan fingerprint density at radius 3 is 2.14 bits per heavy atom. The first-order valence-corrected chi connectivity index (χ1v) is 9.43. The maximum absolute atomic E-state index is 12.8. The van der Waals surface area contributed by atoms with Gasteiger partial charge in [-0.25, -0.2) is 0 Å². The molecule has 28 heavy (non-hydrogen) atoms. The van der Waals surface area contributed by atoms with Gasteiger partial charge in [0.15, 0.2) is 0 Å². The first kappa shape index (κ1) is 19.4. The van der Waals surface area contributed by atoms with Crippen LogP contribution in [0.2, 0.25) is 0 Å². The molecule has 3 aromatic rings. The van der Waals surface area contributed by atoms with Crippen molar-refractivity contribution in [2.24, 2.45) is 0 Å². The summed E-state index contributed by atoms with van der Waals surface area (Å²) in [7, 11) is 0. The molecular weight excluding hydrogens is 346 g/mol. The number of ether oxygens (including phenoxy) is 1. The third-order valence-corrected chi connectivity index (χ3v) is 4.29. The summed E-state index contributed by atoms with van der Waals surface area (Å²) < 4.78 is 5.79. The number of hydrogen-bond donors (Lipinski definition) is 1. The lowest BCUT2D eigenvalue weighted by Crippen LogP contribution is -2.28. The number of carbonyl (C=O) groups is 1. The van der Waals surface area contributed by atoms with Crippen LogP contribution in [0.1, 0.15) is 22.3 Å². The van der Waals surface area contributed by atoms with E-state index in [2.05, 4.69) is 11.4 Å². The van der Waals surface area contributed by atoms with Gasteiger partial charge in [0.2, 0.25) is 0 Å². The lowest BCUT2D eigenvalue weighted by molar-refractivity contribution is -0.115. The number of nitrogens with one attached hydrogen (secondary N) is 1. The van der Waals surface area contributed by atoms with E-state index in [0.717, 1.165) is 28.0 Å². The molecule has 0 aliphatic heterocycles. The van der Waals surface area contributed by atoms with Crippen molar-refractivity contribution in [2.45, 2.75) is 13.8 Å². The summed E-state index contributed by atoms with van der Waals surface area (Å²) in [6, 6.07) is 25.7. The van der Waals surface area contributed by atoms with Crippen molar-refractivity contribution >= 4 is 17.6 Å². The van der Waals surface area contributed by atoms with Crippen molar-refractivity contribution in [1.29, 1.82) is 0 Å². The van der Waals surface area contributed by atoms with Crippen LogP contribution in [0.3, 0.4) is 0 Å². The van der Waals surface area contributed by atoms with Gasteiger partial charge in [-0.15, -0.1) is 0 Å². The van der Waals surface area contributed by atoms with E-state index in [1.54, 1.807) is 0 Å². The molecule has 0 fully saturated rings. The zero-order valence-corrected chi connectivity index (χ0v) is 16.3. The minimum absolute atomic E-state index is 0.112. The van der Waals surface area contributed by atoms with E-state index >= 15 is 0 Å². The van der Waals surface area contributed by atoms with Gasteiger partial charge in [0, 0.05) is 5.57 Å². The molecule has 3 heteroatoms. The van der Waals surface area contributed by atoms with E-state index < -0.39 is 0 Å². The highest BCUT2D eigenvalue weighted by molar-refractivity contribution is 6.24. The number of aryl methyl sites for hydroxylation is 2. The average Bonchev–Trinajstić information content (AvgIpc) is 2.70. The monoisotopic (exact) mass is 371 g/mol. The van der Waals surface area contributed by atoms with Gasteiger partial charge in [-0.05, 0) is 54.3 Å². The molecule has 3 nitrogen and oxygen atoms in total. The molecule has 1 amide bonds. The fourth-order valence-corrected chi connectivity index (χ4v) is 3.06. The summed E-state index contributed by atoms with van der Waals surface area (Å²) in [6.45, 7) is 4.94. The molecule has 0 spiro atoms. The molecular formula is C25H25NO2. The van der Waals surface area contributed by atoms with Crippen molar-refractivity contribution < 1.29 is 9.53 Å². The second-order valence-corrected chi connectivity index (χ2v) is 6.76. The zero-order valence-electron chi connectivity index (χ0n) is 16.3. The van der Waals surface area contributed by atoms with E-state index in [-0.39, 0.29) is 5.91 Å². The van der Waals surface area contributed by atoms with E-state index in [4.69, 9.17) is 4.74 Å². The van der Waals surface area contributed by atoms with Crippen molar-refractivity contribution in [3.05, 3.63) is 101 Å². The zero-order chi connectivity index (χ0) is 19.8.